The summed E-state index contributed by atoms with van der Waals surface area (Å²) in [6.45, 7) is 3.16. The quantitative estimate of drug-likeness (QED) is 0.849. The Bertz CT molecular complexity index is 431. The lowest BCUT2D eigenvalue weighted by Gasteiger charge is -2.11. The van der Waals surface area contributed by atoms with Crippen molar-refractivity contribution in [2.24, 2.45) is 0 Å². The lowest BCUT2D eigenvalue weighted by atomic mass is 10.1. The molecule has 0 bridgehead atoms. The van der Waals surface area contributed by atoms with E-state index in [2.05, 4.69) is 5.32 Å². The minimum absolute atomic E-state index is 0.389. The number of rotatable bonds is 3. The molecule has 1 atom stereocenters. The van der Waals surface area contributed by atoms with Crippen molar-refractivity contribution >= 4 is 23.5 Å². The normalized spacial score (nSPS) is 11.9. The van der Waals surface area contributed by atoms with Crippen LogP contribution in [0.25, 0.3) is 0 Å². The van der Waals surface area contributed by atoms with E-state index in [0.29, 0.717) is 10.6 Å². The van der Waals surface area contributed by atoms with Crippen LogP contribution in [0.5, 0.6) is 0 Å². The molecule has 0 radical (unpaired) electrons. The average Bonchev–Trinajstić information content (AvgIpc) is 2.21. The second-order valence-corrected chi connectivity index (χ2v) is 3.93. The second-order valence-electron chi connectivity index (χ2n) is 3.49. The van der Waals surface area contributed by atoms with Crippen LogP contribution in [0.3, 0.4) is 0 Å². The Hall–Kier alpha value is -1.55. The third-order valence-corrected chi connectivity index (χ3v) is 2.40. The molecule has 0 saturated carbocycles. The molecule has 1 amide bonds. The number of hydrogen-bond acceptors (Lipinski definition) is 2. The Morgan fingerprint density at radius 1 is 1.44 bits per heavy atom. The van der Waals surface area contributed by atoms with E-state index in [-0.39, 0.29) is 0 Å². The standard InChI is InChI=1S/C11H12ClNO3/c1-6-3-4-8(12)5-9(6)10(14)13-7(2)11(15)16/h3-5,7H,1-2H3,(H,13,14)(H,15,16)/t7-/m1/s1. The molecule has 0 heterocycles. The highest BCUT2D eigenvalue weighted by atomic mass is 35.5. The van der Waals surface area contributed by atoms with Crippen LogP contribution in [0.15, 0.2) is 18.2 Å². The molecule has 0 spiro atoms. The van der Waals surface area contributed by atoms with Crippen LogP contribution in [0.1, 0.15) is 22.8 Å². The largest absolute Gasteiger partial charge is 0.480 e. The fourth-order valence-corrected chi connectivity index (χ4v) is 1.35. The number of carbonyl (C=O) groups excluding carboxylic acids is 1. The summed E-state index contributed by atoms with van der Waals surface area (Å²) >= 11 is 5.76. The van der Waals surface area contributed by atoms with Gasteiger partial charge in [-0.05, 0) is 31.5 Å². The molecule has 0 aromatic heterocycles. The number of amides is 1. The van der Waals surface area contributed by atoms with Crippen molar-refractivity contribution in [3.63, 3.8) is 0 Å². The molecule has 1 aromatic rings. The van der Waals surface area contributed by atoms with E-state index in [9.17, 15) is 9.59 Å². The highest BCUT2D eigenvalue weighted by molar-refractivity contribution is 6.31. The van der Waals surface area contributed by atoms with Crippen LogP contribution in [0.2, 0.25) is 5.02 Å². The molecule has 0 saturated heterocycles. The summed E-state index contributed by atoms with van der Waals surface area (Å²) in [5.74, 6) is -1.51. The van der Waals surface area contributed by atoms with Crippen LogP contribution in [-0.2, 0) is 4.79 Å². The Balaban J connectivity index is 2.88. The molecule has 1 aromatic carbocycles. The van der Waals surface area contributed by atoms with Gasteiger partial charge in [0, 0.05) is 10.6 Å². The lowest BCUT2D eigenvalue weighted by molar-refractivity contribution is -0.138. The molecule has 5 heteroatoms. The van der Waals surface area contributed by atoms with Gasteiger partial charge in [-0.2, -0.15) is 0 Å². The minimum Gasteiger partial charge on any atom is -0.480 e. The van der Waals surface area contributed by atoms with Crippen molar-refractivity contribution in [1.29, 1.82) is 0 Å². The molecule has 0 fully saturated rings. The number of hydrogen-bond donors (Lipinski definition) is 2. The summed E-state index contributed by atoms with van der Waals surface area (Å²) in [6.07, 6.45) is 0. The summed E-state index contributed by atoms with van der Waals surface area (Å²) in [5.41, 5.74) is 1.14. The van der Waals surface area contributed by atoms with Crippen molar-refractivity contribution in [2.45, 2.75) is 19.9 Å². The lowest BCUT2D eigenvalue weighted by Crippen LogP contribution is -2.38. The molecule has 0 aliphatic rings. The molecule has 0 aliphatic heterocycles. The third-order valence-electron chi connectivity index (χ3n) is 2.16. The van der Waals surface area contributed by atoms with Gasteiger partial charge in [-0.3, -0.25) is 9.59 Å². The van der Waals surface area contributed by atoms with Gasteiger partial charge in [-0.15, -0.1) is 0 Å². The predicted octanol–water partition coefficient (Wildman–Crippen LogP) is 1.85. The summed E-state index contributed by atoms with van der Waals surface area (Å²) in [4.78, 5) is 22.3. The number of aryl methyl sites for hydroxylation is 1. The summed E-state index contributed by atoms with van der Waals surface area (Å²) < 4.78 is 0. The van der Waals surface area contributed by atoms with Gasteiger partial charge in [0.2, 0.25) is 0 Å². The van der Waals surface area contributed by atoms with Gasteiger partial charge in [-0.25, -0.2) is 0 Å². The number of aliphatic carboxylic acids is 1. The smallest absolute Gasteiger partial charge is 0.325 e. The highest BCUT2D eigenvalue weighted by Gasteiger charge is 2.16. The Labute approximate surface area is 98.2 Å². The minimum atomic E-state index is -1.08. The van der Waals surface area contributed by atoms with Crippen molar-refractivity contribution in [1.82, 2.24) is 5.32 Å². The second kappa shape index (κ2) is 4.99. The zero-order valence-corrected chi connectivity index (χ0v) is 9.71. The fourth-order valence-electron chi connectivity index (χ4n) is 1.17. The topological polar surface area (TPSA) is 66.4 Å². The van der Waals surface area contributed by atoms with Crippen LogP contribution in [-0.4, -0.2) is 23.0 Å². The molecule has 1 rings (SSSR count). The van der Waals surface area contributed by atoms with Gasteiger partial charge in [0.1, 0.15) is 6.04 Å². The summed E-state index contributed by atoms with van der Waals surface area (Å²) in [5, 5.41) is 11.5. The van der Waals surface area contributed by atoms with Crippen molar-refractivity contribution in [3.8, 4) is 0 Å². The first-order valence-electron chi connectivity index (χ1n) is 4.71. The number of halogens is 1. The van der Waals surface area contributed by atoms with E-state index in [1.54, 1.807) is 19.1 Å². The van der Waals surface area contributed by atoms with Crippen LogP contribution in [0, 0.1) is 6.92 Å². The first-order valence-corrected chi connectivity index (χ1v) is 5.09. The molecule has 16 heavy (non-hydrogen) atoms. The molecule has 86 valence electrons. The first kappa shape index (κ1) is 12.5. The summed E-state index contributed by atoms with van der Waals surface area (Å²) in [6, 6.07) is 3.98. The Morgan fingerprint density at radius 3 is 2.62 bits per heavy atom. The van der Waals surface area contributed by atoms with E-state index < -0.39 is 17.9 Å². The SMILES string of the molecule is Cc1ccc(Cl)cc1C(=O)N[C@H](C)C(=O)O. The predicted molar refractivity (Wildman–Crippen MR) is 60.8 cm³/mol. The van der Waals surface area contributed by atoms with Crippen molar-refractivity contribution in [2.75, 3.05) is 0 Å². The van der Waals surface area contributed by atoms with E-state index >= 15 is 0 Å². The highest BCUT2D eigenvalue weighted by Crippen LogP contribution is 2.15. The molecule has 0 aliphatic carbocycles. The van der Waals surface area contributed by atoms with Crippen molar-refractivity contribution < 1.29 is 14.7 Å². The van der Waals surface area contributed by atoms with Gasteiger partial charge in [0.15, 0.2) is 0 Å². The van der Waals surface area contributed by atoms with Gasteiger partial charge in [0.25, 0.3) is 5.91 Å². The summed E-state index contributed by atoms with van der Waals surface area (Å²) in [7, 11) is 0. The third kappa shape index (κ3) is 2.97. The number of carboxylic acids is 1. The van der Waals surface area contributed by atoms with Crippen molar-refractivity contribution in [3.05, 3.63) is 34.3 Å². The van der Waals surface area contributed by atoms with Gasteiger partial charge < -0.3 is 10.4 Å². The number of benzene rings is 1. The van der Waals surface area contributed by atoms with Crippen LogP contribution >= 0.6 is 11.6 Å². The van der Waals surface area contributed by atoms with Gasteiger partial charge >= 0.3 is 5.97 Å². The number of carbonyl (C=O) groups is 2. The Morgan fingerprint density at radius 2 is 2.06 bits per heavy atom. The van der Waals surface area contributed by atoms with E-state index in [0.717, 1.165) is 5.56 Å². The van der Waals surface area contributed by atoms with E-state index in [1.807, 2.05) is 0 Å². The van der Waals surface area contributed by atoms with Crippen LogP contribution in [0.4, 0.5) is 0 Å². The molecule has 2 N–H and O–H groups in total. The molecular weight excluding hydrogens is 230 g/mol. The first-order chi connectivity index (χ1) is 7.41. The molecule has 0 unspecified atom stereocenters. The van der Waals surface area contributed by atoms with Gasteiger partial charge in [-0.1, -0.05) is 17.7 Å². The zero-order chi connectivity index (χ0) is 12.3. The maximum atomic E-state index is 11.7. The van der Waals surface area contributed by atoms with E-state index in [4.69, 9.17) is 16.7 Å². The van der Waals surface area contributed by atoms with E-state index in [1.165, 1.54) is 13.0 Å². The maximum absolute atomic E-state index is 11.7. The zero-order valence-electron chi connectivity index (χ0n) is 8.95. The van der Waals surface area contributed by atoms with Crippen LogP contribution < -0.4 is 5.32 Å². The molecular formula is C11H12ClNO3. The maximum Gasteiger partial charge on any atom is 0.325 e. The average molecular weight is 242 g/mol. The Kier molecular flexibility index (Phi) is 3.90. The molecule has 4 nitrogen and oxygen atoms in total. The number of nitrogens with one attached hydrogen (secondary N) is 1. The van der Waals surface area contributed by atoms with Gasteiger partial charge in [0.05, 0.1) is 0 Å². The monoisotopic (exact) mass is 241 g/mol. The fraction of sp³-hybridized carbons (Fsp3) is 0.273. The number of carboxylic acid groups (broad SMARTS) is 1.